The van der Waals surface area contributed by atoms with Gasteiger partial charge >= 0.3 is 0 Å². The molecule has 1 atom stereocenters. The summed E-state index contributed by atoms with van der Waals surface area (Å²) in [5, 5.41) is 3.27. The highest BCUT2D eigenvalue weighted by atomic mass is 32.2. The SMILES string of the molecule is CNC(CSc1ccccc1)c1cc(F)ccc1C. The fourth-order valence-electron chi connectivity index (χ4n) is 2.01. The zero-order valence-corrected chi connectivity index (χ0v) is 12.0. The number of thioether (sulfide) groups is 1. The third kappa shape index (κ3) is 3.82. The summed E-state index contributed by atoms with van der Waals surface area (Å²) in [6, 6.07) is 15.4. The Hall–Kier alpha value is -1.32. The van der Waals surface area contributed by atoms with Gasteiger partial charge in [-0.15, -0.1) is 11.8 Å². The number of benzene rings is 2. The van der Waals surface area contributed by atoms with Crippen molar-refractivity contribution < 1.29 is 4.39 Å². The van der Waals surface area contributed by atoms with Crippen LogP contribution >= 0.6 is 11.8 Å². The Morgan fingerprint density at radius 3 is 2.58 bits per heavy atom. The standard InChI is InChI=1S/C16H18FNS/c1-12-8-9-13(17)10-15(12)16(18-2)11-19-14-6-4-3-5-7-14/h3-10,16,18H,11H2,1-2H3. The molecule has 0 aromatic heterocycles. The number of hydrogen-bond donors (Lipinski definition) is 1. The molecule has 3 heteroatoms. The minimum absolute atomic E-state index is 0.154. The highest BCUT2D eigenvalue weighted by molar-refractivity contribution is 7.99. The van der Waals surface area contributed by atoms with Crippen LogP contribution in [0.15, 0.2) is 53.4 Å². The van der Waals surface area contributed by atoms with E-state index in [9.17, 15) is 4.39 Å². The molecule has 1 nitrogen and oxygen atoms in total. The van der Waals surface area contributed by atoms with E-state index in [2.05, 4.69) is 17.4 Å². The largest absolute Gasteiger partial charge is 0.312 e. The molecule has 100 valence electrons. The van der Waals surface area contributed by atoms with Crippen LogP contribution in [0.2, 0.25) is 0 Å². The topological polar surface area (TPSA) is 12.0 Å². The maximum absolute atomic E-state index is 13.4. The maximum Gasteiger partial charge on any atom is 0.123 e. The van der Waals surface area contributed by atoms with Crippen molar-refractivity contribution in [2.24, 2.45) is 0 Å². The molecule has 0 aliphatic heterocycles. The van der Waals surface area contributed by atoms with Gasteiger partial charge in [-0.05, 0) is 49.4 Å². The molecule has 0 spiro atoms. The lowest BCUT2D eigenvalue weighted by Gasteiger charge is -2.18. The van der Waals surface area contributed by atoms with E-state index in [0.29, 0.717) is 0 Å². The number of halogens is 1. The highest BCUT2D eigenvalue weighted by Crippen LogP contribution is 2.26. The van der Waals surface area contributed by atoms with E-state index >= 15 is 0 Å². The Morgan fingerprint density at radius 1 is 1.16 bits per heavy atom. The van der Waals surface area contributed by atoms with Gasteiger partial charge < -0.3 is 5.32 Å². The van der Waals surface area contributed by atoms with Crippen LogP contribution in [0.3, 0.4) is 0 Å². The van der Waals surface area contributed by atoms with E-state index < -0.39 is 0 Å². The van der Waals surface area contributed by atoms with Gasteiger partial charge in [0.2, 0.25) is 0 Å². The molecular weight excluding hydrogens is 257 g/mol. The van der Waals surface area contributed by atoms with Gasteiger partial charge in [0.1, 0.15) is 5.82 Å². The van der Waals surface area contributed by atoms with Crippen molar-refractivity contribution in [2.45, 2.75) is 17.9 Å². The van der Waals surface area contributed by atoms with Crippen LogP contribution in [-0.4, -0.2) is 12.8 Å². The first-order valence-corrected chi connectivity index (χ1v) is 7.30. The van der Waals surface area contributed by atoms with Gasteiger partial charge in [0.05, 0.1) is 0 Å². The smallest absolute Gasteiger partial charge is 0.123 e. The van der Waals surface area contributed by atoms with E-state index in [4.69, 9.17) is 0 Å². The van der Waals surface area contributed by atoms with Gasteiger partial charge in [-0.2, -0.15) is 0 Å². The van der Waals surface area contributed by atoms with Crippen LogP contribution in [0.25, 0.3) is 0 Å². The molecule has 0 saturated carbocycles. The Balaban J connectivity index is 2.10. The molecular formula is C16H18FNS. The van der Waals surface area contributed by atoms with E-state index in [1.165, 1.54) is 11.0 Å². The molecule has 2 aromatic carbocycles. The Morgan fingerprint density at radius 2 is 1.89 bits per heavy atom. The third-order valence-electron chi connectivity index (χ3n) is 3.13. The monoisotopic (exact) mass is 275 g/mol. The summed E-state index contributed by atoms with van der Waals surface area (Å²) in [6.07, 6.45) is 0. The van der Waals surface area contributed by atoms with Crippen LogP contribution in [0.1, 0.15) is 17.2 Å². The minimum Gasteiger partial charge on any atom is -0.312 e. The van der Waals surface area contributed by atoms with Crippen LogP contribution in [0.4, 0.5) is 4.39 Å². The molecule has 0 bridgehead atoms. The molecule has 0 saturated heterocycles. The van der Waals surface area contributed by atoms with Crippen molar-refractivity contribution in [1.82, 2.24) is 5.32 Å². The van der Waals surface area contributed by atoms with Crippen molar-refractivity contribution in [3.63, 3.8) is 0 Å². The van der Waals surface area contributed by atoms with Crippen molar-refractivity contribution in [2.75, 3.05) is 12.8 Å². The Bertz CT molecular complexity index is 528. The second-order valence-corrected chi connectivity index (χ2v) is 5.56. The molecule has 0 amide bonds. The maximum atomic E-state index is 13.4. The molecule has 0 aliphatic carbocycles. The van der Waals surface area contributed by atoms with Crippen molar-refractivity contribution >= 4 is 11.8 Å². The number of hydrogen-bond acceptors (Lipinski definition) is 2. The highest BCUT2D eigenvalue weighted by Gasteiger charge is 2.13. The van der Waals surface area contributed by atoms with Gasteiger partial charge in [0, 0.05) is 16.7 Å². The quantitative estimate of drug-likeness (QED) is 0.821. The molecule has 19 heavy (non-hydrogen) atoms. The van der Waals surface area contributed by atoms with Gasteiger partial charge in [0.15, 0.2) is 0 Å². The average Bonchev–Trinajstić information content (AvgIpc) is 2.44. The Kier molecular flexibility index (Phi) is 5.00. The summed E-state index contributed by atoms with van der Waals surface area (Å²) >= 11 is 1.78. The molecule has 2 aromatic rings. The zero-order chi connectivity index (χ0) is 13.7. The van der Waals surface area contributed by atoms with Crippen molar-refractivity contribution in [1.29, 1.82) is 0 Å². The van der Waals surface area contributed by atoms with Crippen LogP contribution in [-0.2, 0) is 0 Å². The summed E-state index contributed by atoms with van der Waals surface area (Å²) in [5.74, 6) is 0.704. The summed E-state index contributed by atoms with van der Waals surface area (Å²) in [4.78, 5) is 1.23. The summed E-state index contributed by atoms with van der Waals surface area (Å²) in [5.41, 5.74) is 2.15. The number of rotatable bonds is 5. The molecule has 0 radical (unpaired) electrons. The summed E-state index contributed by atoms with van der Waals surface area (Å²) < 4.78 is 13.4. The van der Waals surface area contributed by atoms with E-state index in [0.717, 1.165) is 16.9 Å². The summed E-state index contributed by atoms with van der Waals surface area (Å²) in [7, 11) is 1.92. The molecule has 0 fully saturated rings. The second kappa shape index (κ2) is 6.73. The zero-order valence-electron chi connectivity index (χ0n) is 11.2. The first-order chi connectivity index (χ1) is 9.20. The second-order valence-electron chi connectivity index (χ2n) is 4.47. The molecule has 1 unspecified atom stereocenters. The van der Waals surface area contributed by atoms with Gasteiger partial charge in [-0.1, -0.05) is 24.3 Å². The first kappa shape index (κ1) is 14.1. The van der Waals surface area contributed by atoms with E-state index in [1.54, 1.807) is 17.8 Å². The third-order valence-corrected chi connectivity index (χ3v) is 4.23. The first-order valence-electron chi connectivity index (χ1n) is 6.32. The summed E-state index contributed by atoms with van der Waals surface area (Å²) in [6.45, 7) is 2.02. The fraction of sp³-hybridized carbons (Fsp3) is 0.250. The molecule has 0 aliphatic rings. The molecule has 1 N–H and O–H groups in total. The van der Waals surface area contributed by atoms with Gasteiger partial charge in [-0.25, -0.2) is 4.39 Å². The van der Waals surface area contributed by atoms with Crippen molar-refractivity contribution in [3.8, 4) is 0 Å². The predicted octanol–water partition coefficient (Wildman–Crippen LogP) is 4.19. The average molecular weight is 275 g/mol. The van der Waals surface area contributed by atoms with Crippen molar-refractivity contribution in [3.05, 3.63) is 65.5 Å². The molecule has 0 heterocycles. The number of nitrogens with one attached hydrogen (secondary N) is 1. The van der Waals surface area contributed by atoms with Gasteiger partial charge in [0.25, 0.3) is 0 Å². The normalized spacial score (nSPS) is 12.4. The van der Waals surface area contributed by atoms with E-state index in [-0.39, 0.29) is 11.9 Å². The lowest BCUT2D eigenvalue weighted by atomic mass is 10.0. The lowest BCUT2D eigenvalue weighted by molar-refractivity contribution is 0.609. The molecule has 2 rings (SSSR count). The van der Waals surface area contributed by atoms with Crippen LogP contribution in [0.5, 0.6) is 0 Å². The van der Waals surface area contributed by atoms with Crippen LogP contribution in [0, 0.1) is 12.7 Å². The fourth-order valence-corrected chi connectivity index (χ4v) is 3.07. The Labute approximate surface area is 118 Å². The number of aryl methyl sites for hydroxylation is 1. The predicted molar refractivity (Wildman–Crippen MR) is 80.1 cm³/mol. The lowest BCUT2D eigenvalue weighted by Crippen LogP contribution is -2.19. The minimum atomic E-state index is -0.175. The van der Waals surface area contributed by atoms with Crippen LogP contribution < -0.4 is 5.32 Å². The van der Waals surface area contributed by atoms with Gasteiger partial charge in [-0.3, -0.25) is 0 Å². The van der Waals surface area contributed by atoms with E-state index in [1.807, 2.05) is 38.2 Å².